The van der Waals surface area contributed by atoms with E-state index in [2.05, 4.69) is 65.7 Å². The Morgan fingerprint density at radius 3 is 2.57 bits per heavy atom. The molecule has 5 rings (SSSR count). The molecule has 1 heterocycles. The highest BCUT2D eigenvalue weighted by Crippen LogP contribution is 2.40. The van der Waals surface area contributed by atoms with Gasteiger partial charge in [0.15, 0.2) is 0 Å². The van der Waals surface area contributed by atoms with Crippen molar-refractivity contribution in [2.24, 2.45) is 0 Å². The Morgan fingerprint density at radius 1 is 1.00 bits per heavy atom. The second kappa shape index (κ2) is 9.80. The topological polar surface area (TPSA) is 50.8 Å². The van der Waals surface area contributed by atoms with Crippen molar-refractivity contribution < 1.29 is 14.3 Å². The number of methoxy groups -OCH3 is 1. The highest BCUT2D eigenvalue weighted by Gasteiger charge is 2.28. The van der Waals surface area contributed by atoms with Gasteiger partial charge in [-0.3, -0.25) is 0 Å². The smallest absolute Gasteiger partial charge is 0.338 e. The molecule has 0 aromatic heterocycles. The largest absolute Gasteiger partial charge is 0.485 e. The van der Waals surface area contributed by atoms with E-state index < -0.39 is 0 Å². The molecule has 1 N–H and O–H groups in total. The fourth-order valence-electron chi connectivity index (χ4n) is 4.93. The molecule has 1 aliphatic rings. The molecule has 0 fully saturated rings. The van der Waals surface area contributed by atoms with Gasteiger partial charge in [0.1, 0.15) is 11.9 Å². The maximum Gasteiger partial charge on any atom is 0.338 e. The van der Waals surface area contributed by atoms with Crippen LogP contribution in [-0.2, 0) is 4.74 Å². The van der Waals surface area contributed by atoms with Crippen molar-refractivity contribution in [1.82, 2.24) is 5.32 Å². The van der Waals surface area contributed by atoms with Crippen LogP contribution < -0.4 is 15.0 Å². The molecule has 35 heavy (non-hydrogen) atoms. The molecule has 5 heteroatoms. The van der Waals surface area contributed by atoms with Gasteiger partial charge >= 0.3 is 5.97 Å². The maximum atomic E-state index is 12.3. The van der Waals surface area contributed by atoms with Gasteiger partial charge in [-0.2, -0.15) is 0 Å². The van der Waals surface area contributed by atoms with Gasteiger partial charge in [-0.05, 0) is 60.0 Å². The van der Waals surface area contributed by atoms with Crippen LogP contribution in [0, 0.1) is 6.92 Å². The molecular formula is C30H30N2O3. The predicted octanol–water partition coefficient (Wildman–Crippen LogP) is 6.18. The summed E-state index contributed by atoms with van der Waals surface area (Å²) in [6.07, 6.45) is -0.0662. The van der Waals surface area contributed by atoms with Gasteiger partial charge in [0.05, 0.1) is 24.9 Å². The first-order chi connectivity index (χ1) is 17.1. The molecule has 0 bridgehead atoms. The third kappa shape index (κ3) is 4.47. The van der Waals surface area contributed by atoms with Gasteiger partial charge in [0.25, 0.3) is 0 Å². The van der Waals surface area contributed by atoms with E-state index in [1.165, 1.54) is 23.4 Å². The number of anilines is 2. The lowest BCUT2D eigenvalue weighted by atomic mass is 9.99. The number of hydrogen-bond donors (Lipinski definition) is 1. The van der Waals surface area contributed by atoms with E-state index in [0.29, 0.717) is 18.7 Å². The Morgan fingerprint density at radius 2 is 1.71 bits per heavy atom. The van der Waals surface area contributed by atoms with E-state index in [4.69, 9.17) is 9.47 Å². The lowest BCUT2D eigenvalue weighted by Gasteiger charge is -2.37. The Balaban J connectivity index is 1.40. The molecule has 0 saturated heterocycles. The number of para-hydroxylation sites is 2. The quantitative estimate of drug-likeness (QED) is 0.344. The standard InChI is InChI=1S/C30H30N2O3/c1-20-24(30(33)34-3)13-9-16-27(20)32-19-23(35-29-17-7-6-15-28(29)32)18-31-21(2)25-14-8-11-22-10-4-5-12-26(22)25/h4-17,21,23,31H,18-19H2,1-3H3/t21-,23?/m1/s1. The summed E-state index contributed by atoms with van der Waals surface area (Å²) in [7, 11) is 1.41. The van der Waals surface area contributed by atoms with Crippen LogP contribution in [0.3, 0.4) is 0 Å². The van der Waals surface area contributed by atoms with Gasteiger partial charge in [-0.15, -0.1) is 0 Å². The number of rotatable bonds is 6. The summed E-state index contributed by atoms with van der Waals surface area (Å²) in [5, 5.41) is 6.20. The van der Waals surface area contributed by atoms with E-state index in [1.807, 2.05) is 43.3 Å². The van der Waals surface area contributed by atoms with Crippen molar-refractivity contribution in [1.29, 1.82) is 0 Å². The van der Waals surface area contributed by atoms with Crippen LogP contribution in [0.1, 0.15) is 34.5 Å². The minimum atomic E-state index is -0.326. The zero-order valence-corrected chi connectivity index (χ0v) is 20.3. The van der Waals surface area contributed by atoms with Crippen LogP contribution in [-0.4, -0.2) is 32.3 Å². The number of nitrogens with zero attached hydrogens (tertiary/aromatic N) is 1. The van der Waals surface area contributed by atoms with Gasteiger partial charge in [-0.25, -0.2) is 4.79 Å². The number of fused-ring (bicyclic) bond motifs is 2. The molecule has 4 aromatic rings. The van der Waals surface area contributed by atoms with E-state index in [1.54, 1.807) is 0 Å². The van der Waals surface area contributed by atoms with E-state index in [9.17, 15) is 4.79 Å². The molecule has 178 valence electrons. The van der Waals surface area contributed by atoms with Crippen LogP contribution in [0.15, 0.2) is 84.9 Å². The summed E-state index contributed by atoms with van der Waals surface area (Å²) >= 11 is 0. The van der Waals surface area contributed by atoms with Crippen LogP contribution in [0.5, 0.6) is 5.75 Å². The van der Waals surface area contributed by atoms with Crippen molar-refractivity contribution in [3.8, 4) is 5.75 Å². The number of ether oxygens (including phenoxy) is 2. The third-order valence-electron chi connectivity index (χ3n) is 6.78. The summed E-state index contributed by atoms with van der Waals surface area (Å²) < 4.78 is 11.4. The van der Waals surface area contributed by atoms with E-state index >= 15 is 0 Å². The van der Waals surface area contributed by atoms with Crippen molar-refractivity contribution >= 4 is 28.1 Å². The second-order valence-electron chi connectivity index (χ2n) is 8.96. The van der Waals surface area contributed by atoms with Gasteiger partial charge in [0.2, 0.25) is 0 Å². The molecule has 0 spiro atoms. The molecule has 0 aliphatic carbocycles. The van der Waals surface area contributed by atoms with Gasteiger partial charge in [0, 0.05) is 18.3 Å². The monoisotopic (exact) mass is 466 g/mol. The Bertz CT molecular complexity index is 1360. The molecule has 1 unspecified atom stereocenters. The normalized spacial score (nSPS) is 15.9. The zero-order chi connectivity index (χ0) is 24.4. The molecule has 2 atom stereocenters. The van der Waals surface area contributed by atoms with Crippen molar-refractivity contribution in [3.63, 3.8) is 0 Å². The predicted molar refractivity (Wildman–Crippen MR) is 141 cm³/mol. The Hall–Kier alpha value is -3.83. The Labute approximate surface area is 206 Å². The molecule has 5 nitrogen and oxygen atoms in total. The van der Waals surface area contributed by atoms with Crippen molar-refractivity contribution in [3.05, 3.63) is 102 Å². The molecular weight excluding hydrogens is 436 g/mol. The second-order valence-corrected chi connectivity index (χ2v) is 8.96. The summed E-state index contributed by atoms with van der Waals surface area (Å²) in [6.45, 7) is 5.51. The number of carbonyl (C=O) groups excluding carboxylic acids is 1. The van der Waals surface area contributed by atoms with E-state index in [-0.39, 0.29) is 18.1 Å². The van der Waals surface area contributed by atoms with Crippen LogP contribution >= 0.6 is 0 Å². The molecule has 1 aliphatic heterocycles. The zero-order valence-electron chi connectivity index (χ0n) is 20.3. The molecule has 0 amide bonds. The summed E-state index contributed by atoms with van der Waals surface area (Å²) in [4.78, 5) is 14.6. The fourth-order valence-corrected chi connectivity index (χ4v) is 4.93. The maximum absolute atomic E-state index is 12.3. The van der Waals surface area contributed by atoms with Crippen LogP contribution in [0.2, 0.25) is 0 Å². The molecule has 0 saturated carbocycles. The van der Waals surface area contributed by atoms with Crippen molar-refractivity contribution in [2.45, 2.75) is 26.0 Å². The summed E-state index contributed by atoms with van der Waals surface area (Å²) in [5.41, 5.74) is 4.73. The number of esters is 1. The third-order valence-corrected chi connectivity index (χ3v) is 6.78. The minimum absolute atomic E-state index is 0.0662. The highest BCUT2D eigenvalue weighted by molar-refractivity contribution is 5.93. The average Bonchev–Trinajstić information content (AvgIpc) is 2.90. The fraction of sp³-hybridized carbons (Fsp3) is 0.233. The molecule has 0 radical (unpaired) electrons. The Kier molecular flexibility index (Phi) is 6.43. The first kappa shape index (κ1) is 22.9. The lowest BCUT2D eigenvalue weighted by Crippen LogP contribution is -2.44. The highest BCUT2D eigenvalue weighted by atomic mass is 16.5. The van der Waals surface area contributed by atoms with Gasteiger partial charge in [-0.1, -0.05) is 60.7 Å². The summed E-state index contributed by atoms with van der Waals surface area (Å²) in [6, 6.07) is 28.9. The molecule has 4 aromatic carbocycles. The van der Waals surface area contributed by atoms with Crippen LogP contribution in [0.25, 0.3) is 10.8 Å². The van der Waals surface area contributed by atoms with Gasteiger partial charge < -0.3 is 19.7 Å². The first-order valence-electron chi connectivity index (χ1n) is 12.0. The lowest BCUT2D eigenvalue weighted by molar-refractivity contribution is 0.0600. The minimum Gasteiger partial charge on any atom is -0.485 e. The average molecular weight is 467 g/mol. The number of nitrogens with one attached hydrogen (secondary N) is 1. The number of hydrogen-bond acceptors (Lipinski definition) is 5. The van der Waals surface area contributed by atoms with E-state index in [0.717, 1.165) is 22.7 Å². The van der Waals surface area contributed by atoms with Crippen LogP contribution in [0.4, 0.5) is 11.4 Å². The summed E-state index contributed by atoms with van der Waals surface area (Å²) in [5.74, 6) is 0.513. The number of carbonyl (C=O) groups is 1. The SMILES string of the molecule is COC(=O)c1cccc(N2CC(CN[C@H](C)c3cccc4ccccc34)Oc3ccccc32)c1C. The van der Waals surface area contributed by atoms with Crippen molar-refractivity contribution in [2.75, 3.05) is 25.1 Å². The first-order valence-corrected chi connectivity index (χ1v) is 12.0. The number of benzene rings is 4.